The van der Waals surface area contributed by atoms with Crippen molar-refractivity contribution in [3.8, 4) is 0 Å². The Hall–Kier alpha value is -0.920. The van der Waals surface area contributed by atoms with Gasteiger partial charge in [-0.25, -0.2) is 4.79 Å². The normalized spacial score (nSPS) is 12.1. The first kappa shape index (κ1) is 7.19. The molecule has 0 spiro atoms. The molecular weight excluding hydrogens is 146 g/mol. The Kier molecular flexibility index (Phi) is 2.37. The Labute approximate surface area is 63.2 Å². The number of isocyanates is 1. The van der Waals surface area contributed by atoms with Crippen LogP contribution in [0.5, 0.6) is 0 Å². The molecule has 1 atom stereocenters. The topological polar surface area (TPSA) is 29.4 Å². The molecular formula is C7H7NOS. The second-order valence-corrected chi connectivity index (χ2v) is 2.89. The maximum Gasteiger partial charge on any atom is 0.235 e. The summed E-state index contributed by atoms with van der Waals surface area (Å²) in [6.07, 6.45) is 1.54. The Morgan fingerprint density at radius 2 is 2.60 bits per heavy atom. The molecule has 1 aromatic heterocycles. The number of aliphatic imine (C=N–C) groups is 1. The van der Waals surface area contributed by atoms with Crippen LogP contribution in [-0.4, -0.2) is 6.08 Å². The minimum atomic E-state index is -0.0301. The lowest BCUT2D eigenvalue weighted by atomic mass is 10.3. The van der Waals surface area contributed by atoms with Crippen LogP contribution in [0.2, 0.25) is 0 Å². The van der Waals surface area contributed by atoms with E-state index in [4.69, 9.17) is 0 Å². The van der Waals surface area contributed by atoms with Gasteiger partial charge >= 0.3 is 0 Å². The van der Waals surface area contributed by atoms with Gasteiger partial charge in [0.1, 0.15) is 0 Å². The smallest absolute Gasteiger partial charge is 0.211 e. The van der Waals surface area contributed by atoms with E-state index >= 15 is 0 Å². The molecule has 0 aliphatic carbocycles. The third kappa shape index (κ3) is 1.53. The third-order valence-corrected chi connectivity index (χ3v) is 2.24. The zero-order valence-corrected chi connectivity index (χ0v) is 6.39. The van der Waals surface area contributed by atoms with Crippen LogP contribution in [0, 0.1) is 0 Å². The number of nitrogens with zero attached hydrogens (tertiary/aromatic N) is 1. The second-order valence-electron chi connectivity index (χ2n) is 1.91. The summed E-state index contributed by atoms with van der Waals surface area (Å²) in [6.45, 7) is 1.87. The maximum absolute atomic E-state index is 9.82. The van der Waals surface area contributed by atoms with Crippen molar-refractivity contribution in [1.29, 1.82) is 0 Å². The van der Waals surface area contributed by atoms with Crippen LogP contribution in [0.3, 0.4) is 0 Å². The zero-order valence-electron chi connectivity index (χ0n) is 5.57. The van der Waals surface area contributed by atoms with E-state index in [1.165, 1.54) is 6.08 Å². The van der Waals surface area contributed by atoms with E-state index in [1.807, 2.05) is 24.4 Å². The zero-order chi connectivity index (χ0) is 7.40. The summed E-state index contributed by atoms with van der Waals surface area (Å²) in [4.78, 5) is 14.5. The Morgan fingerprint density at radius 1 is 1.80 bits per heavy atom. The second kappa shape index (κ2) is 3.30. The molecule has 10 heavy (non-hydrogen) atoms. The van der Waals surface area contributed by atoms with Gasteiger partial charge in [0.2, 0.25) is 6.08 Å². The molecule has 0 saturated carbocycles. The lowest BCUT2D eigenvalue weighted by molar-refractivity contribution is 0.560. The predicted octanol–water partition coefficient (Wildman–Crippen LogP) is 2.14. The minimum Gasteiger partial charge on any atom is -0.211 e. The first-order valence-electron chi connectivity index (χ1n) is 2.95. The highest BCUT2D eigenvalue weighted by Gasteiger charge is 2.01. The third-order valence-electron chi connectivity index (χ3n) is 1.20. The van der Waals surface area contributed by atoms with Crippen LogP contribution in [0.4, 0.5) is 0 Å². The molecule has 1 aromatic rings. The highest BCUT2D eigenvalue weighted by Crippen LogP contribution is 2.20. The Morgan fingerprint density at radius 3 is 3.10 bits per heavy atom. The van der Waals surface area contributed by atoms with Crippen molar-refractivity contribution in [1.82, 2.24) is 0 Å². The van der Waals surface area contributed by atoms with E-state index < -0.39 is 0 Å². The van der Waals surface area contributed by atoms with Crippen molar-refractivity contribution in [2.24, 2.45) is 4.99 Å². The van der Waals surface area contributed by atoms with Crippen molar-refractivity contribution in [2.45, 2.75) is 13.0 Å². The van der Waals surface area contributed by atoms with Gasteiger partial charge in [-0.3, -0.25) is 0 Å². The lowest BCUT2D eigenvalue weighted by Crippen LogP contribution is -1.81. The highest BCUT2D eigenvalue weighted by molar-refractivity contribution is 7.10. The minimum absolute atomic E-state index is 0.0301. The van der Waals surface area contributed by atoms with Gasteiger partial charge in [0, 0.05) is 4.88 Å². The summed E-state index contributed by atoms with van der Waals surface area (Å²) in [5, 5.41) is 1.96. The van der Waals surface area contributed by atoms with E-state index in [0.717, 1.165) is 4.88 Å². The van der Waals surface area contributed by atoms with Crippen molar-refractivity contribution in [2.75, 3.05) is 0 Å². The summed E-state index contributed by atoms with van der Waals surface area (Å²) in [5.74, 6) is 0. The predicted molar refractivity (Wildman–Crippen MR) is 40.9 cm³/mol. The first-order chi connectivity index (χ1) is 4.84. The van der Waals surface area contributed by atoms with Crippen LogP contribution in [0.25, 0.3) is 0 Å². The van der Waals surface area contributed by atoms with E-state index in [0.29, 0.717) is 0 Å². The number of rotatable bonds is 2. The van der Waals surface area contributed by atoms with Gasteiger partial charge in [0.25, 0.3) is 0 Å². The van der Waals surface area contributed by atoms with Gasteiger partial charge in [0.05, 0.1) is 6.04 Å². The van der Waals surface area contributed by atoms with Crippen molar-refractivity contribution in [3.05, 3.63) is 22.4 Å². The average molecular weight is 153 g/mol. The SMILES string of the molecule is CC(N=C=O)c1cccs1. The number of thiophene rings is 1. The number of hydrogen-bond acceptors (Lipinski definition) is 3. The number of carbonyl (C=O) groups excluding carboxylic acids is 1. The quantitative estimate of drug-likeness (QED) is 0.473. The van der Waals surface area contributed by atoms with Gasteiger partial charge in [0.15, 0.2) is 0 Å². The first-order valence-corrected chi connectivity index (χ1v) is 3.83. The molecule has 3 heteroatoms. The molecule has 0 fully saturated rings. The van der Waals surface area contributed by atoms with Crippen molar-refractivity contribution < 1.29 is 4.79 Å². The summed E-state index contributed by atoms with van der Waals surface area (Å²) in [5.41, 5.74) is 0. The fraction of sp³-hybridized carbons (Fsp3) is 0.286. The molecule has 0 aliphatic heterocycles. The maximum atomic E-state index is 9.82. The summed E-state index contributed by atoms with van der Waals surface area (Å²) < 4.78 is 0. The molecule has 0 aromatic carbocycles. The molecule has 2 nitrogen and oxygen atoms in total. The van der Waals surface area contributed by atoms with E-state index in [1.54, 1.807) is 11.3 Å². The van der Waals surface area contributed by atoms with Crippen LogP contribution < -0.4 is 0 Å². The Balaban J connectivity index is 2.76. The lowest BCUT2D eigenvalue weighted by Gasteiger charge is -1.96. The van der Waals surface area contributed by atoms with Crippen LogP contribution >= 0.6 is 11.3 Å². The van der Waals surface area contributed by atoms with Crippen LogP contribution in [0.1, 0.15) is 17.8 Å². The molecule has 0 aliphatic rings. The highest BCUT2D eigenvalue weighted by atomic mass is 32.1. The monoisotopic (exact) mass is 153 g/mol. The molecule has 1 unspecified atom stereocenters. The summed E-state index contributed by atoms with van der Waals surface area (Å²) >= 11 is 1.60. The molecule has 0 radical (unpaired) electrons. The summed E-state index contributed by atoms with van der Waals surface area (Å²) in [6, 6.07) is 3.87. The Bertz CT molecular complexity index is 236. The molecule has 52 valence electrons. The van der Waals surface area contributed by atoms with Crippen molar-refractivity contribution >= 4 is 17.4 Å². The van der Waals surface area contributed by atoms with E-state index in [9.17, 15) is 4.79 Å². The standard InChI is InChI=1S/C7H7NOS/c1-6(8-5-9)7-3-2-4-10-7/h2-4,6H,1H3. The van der Waals surface area contributed by atoms with Crippen LogP contribution in [0.15, 0.2) is 22.5 Å². The fourth-order valence-corrected chi connectivity index (χ4v) is 1.39. The molecule has 0 saturated heterocycles. The fourth-order valence-electron chi connectivity index (χ4n) is 0.672. The molecule has 1 heterocycles. The number of hydrogen-bond donors (Lipinski definition) is 0. The van der Waals surface area contributed by atoms with Gasteiger partial charge in [-0.2, -0.15) is 4.99 Å². The molecule has 0 bridgehead atoms. The molecule has 1 rings (SSSR count). The molecule has 0 N–H and O–H groups in total. The summed E-state index contributed by atoms with van der Waals surface area (Å²) in [7, 11) is 0. The largest absolute Gasteiger partial charge is 0.235 e. The van der Waals surface area contributed by atoms with Crippen LogP contribution in [-0.2, 0) is 4.79 Å². The van der Waals surface area contributed by atoms with Crippen molar-refractivity contribution in [3.63, 3.8) is 0 Å². The van der Waals surface area contributed by atoms with Gasteiger partial charge in [-0.15, -0.1) is 11.3 Å². The van der Waals surface area contributed by atoms with Gasteiger partial charge < -0.3 is 0 Å². The molecule has 0 amide bonds. The van der Waals surface area contributed by atoms with E-state index in [-0.39, 0.29) is 6.04 Å². The van der Waals surface area contributed by atoms with Gasteiger partial charge in [-0.1, -0.05) is 6.07 Å². The van der Waals surface area contributed by atoms with Gasteiger partial charge in [-0.05, 0) is 18.4 Å². The average Bonchev–Trinajstić information content (AvgIpc) is 2.38. The van der Waals surface area contributed by atoms with E-state index in [2.05, 4.69) is 4.99 Å².